The average molecular weight is 196 g/mol. The van der Waals surface area contributed by atoms with E-state index in [2.05, 4.69) is 9.97 Å². The van der Waals surface area contributed by atoms with Gasteiger partial charge in [0.25, 0.3) is 0 Å². The summed E-state index contributed by atoms with van der Waals surface area (Å²) in [5.41, 5.74) is 0.460. The number of aliphatic hydroxyl groups is 1. The van der Waals surface area contributed by atoms with Gasteiger partial charge in [-0.3, -0.25) is 0 Å². The minimum atomic E-state index is -0.286. The van der Waals surface area contributed by atoms with Crippen LogP contribution in [0.25, 0.3) is 0 Å². The first-order chi connectivity index (χ1) is 6.74. The van der Waals surface area contributed by atoms with Crippen molar-refractivity contribution in [3.63, 3.8) is 0 Å². The van der Waals surface area contributed by atoms with Gasteiger partial charge in [0, 0.05) is 6.61 Å². The number of hydrogen-bond donors (Lipinski definition) is 2. The quantitative estimate of drug-likeness (QED) is 0.750. The SMILES string of the molecule is CC1(c2ncc(CO)[nH]2)CCCCO1. The number of imidazole rings is 1. The van der Waals surface area contributed by atoms with E-state index in [1.165, 1.54) is 6.42 Å². The summed E-state index contributed by atoms with van der Waals surface area (Å²) in [4.78, 5) is 7.33. The van der Waals surface area contributed by atoms with Gasteiger partial charge in [0.2, 0.25) is 0 Å². The molecule has 1 aliphatic heterocycles. The maximum atomic E-state index is 8.92. The van der Waals surface area contributed by atoms with Crippen LogP contribution >= 0.6 is 0 Å². The molecule has 78 valence electrons. The van der Waals surface area contributed by atoms with Crippen LogP contribution < -0.4 is 0 Å². The first-order valence-electron chi connectivity index (χ1n) is 5.04. The normalized spacial score (nSPS) is 27.9. The lowest BCUT2D eigenvalue weighted by Gasteiger charge is -2.31. The Labute approximate surface area is 83.3 Å². The minimum Gasteiger partial charge on any atom is -0.390 e. The van der Waals surface area contributed by atoms with Crippen molar-refractivity contribution in [2.45, 2.75) is 38.4 Å². The molecule has 1 unspecified atom stereocenters. The van der Waals surface area contributed by atoms with Crippen LogP contribution in [0.4, 0.5) is 0 Å². The molecule has 0 aliphatic carbocycles. The van der Waals surface area contributed by atoms with Crippen molar-refractivity contribution in [3.05, 3.63) is 17.7 Å². The Balaban J connectivity index is 2.19. The lowest BCUT2D eigenvalue weighted by molar-refractivity contribution is -0.0756. The molecule has 2 heterocycles. The number of aliphatic hydroxyl groups excluding tert-OH is 1. The molecule has 1 aromatic rings. The Kier molecular flexibility index (Phi) is 2.56. The van der Waals surface area contributed by atoms with E-state index in [0.717, 1.165) is 31.0 Å². The van der Waals surface area contributed by atoms with Crippen LogP contribution in [0.15, 0.2) is 6.20 Å². The highest BCUT2D eigenvalue weighted by Crippen LogP contribution is 2.32. The zero-order valence-corrected chi connectivity index (χ0v) is 8.42. The van der Waals surface area contributed by atoms with Crippen molar-refractivity contribution in [1.29, 1.82) is 0 Å². The Morgan fingerprint density at radius 3 is 3.07 bits per heavy atom. The Hall–Kier alpha value is -0.870. The molecule has 1 fully saturated rings. The molecule has 0 bridgehead atoms. The van der Waals surface area contributed by atoms with Gasteiger partial charge in [-0.15, -0.1) is 0 Å². The number of nitrogens with zero attached hydrogens (tertiary/aromatic N) is 1. The van der Waals surface area contributed by atoms with Crippen LogP contribution in [0, 0.1) is 0 Å². The number of hydrogen-bond acceptors (Lipinski definition) is 3. The van der Waals surface area contributed by atoms with E-state index < -0.39 is 0 Å². The van der Waals surface area contributed by atoms with Crippen LogP contribution in [-0.2, 0) is 16.9 Å². The van der Waals surface area contributed by atoms with Crippen molar-refractivity contribution in [3.8, 4) is 0 Å². The summed E-state index contributed by atoms with van der Waals surface area (Å²) < 4.78 is 5.73. The summed E-state index contributed by atoms with van der Waals surface area (Å²) in [6, 6.07) is 0. The second-order valence-corrected chi connectivity index (χ2v) is 3.95. The Bertz CT molecular complexity index is 303. The predicted octanol–water partition coefficient (Wildman–Crippen LogP) is 1.32. The zero-order chi connectivity index (χ0) is 10.0. The first kappa shape index (κ1) is 9.68. The van der Waals surface area contributed by atoms with Gasteiger partial charge in [-0.2, -0.15) is 0 Å². The molecule has 14 heavy (non-hydrogen) atoms. The predicted molar refractivity (Wildman–Crippen MR) is 51.7 cm³/mol. The molecule has 1 saturated heterocycles. The second kappa shape index (κ2) is 3.71. The van der Waals surface area contributed by atoms with Crippen LogP contribution in [0.2, 0.25) is 0 Å². The van der Waals surface area contributed by atoms with E-state index >= 15 is 0 Å². The Morgan fingerprint density at radius 1 is 1.64 bits per heavy atom. The van der Waals surface area contributed by atoms with Gasteiger partial charge in [-0.25, -0.2) is 4.98 Å². The number of nitrogens with one attached hydrogen (secondary N) is 1. The third-order valence-corrected chi connectivity index (χ3v) is 2.77. The van der Waals surface area contributed by atoms with E-state index in [1.54, 1.807) is 6.20 Å². The van der Waals surface area contributed by atoms with Gasteiger partial charge in [-0.05, 0) is 26.2 Å². The summed E-state index contributed by atoms with van der Waals surface area (Å²) in [5, 5.41) is 8.92. The summed E-state index contributed by atoms with van der Waals surface area (Å²) in [7, 11) is 0. The molecule has 4 heteroatoms. The summed E-state index contributed by atoms with van der Waals surface area (Å²) in [5.74, 6) is 0.834. The maximum Gasteiger partial charge on any atom is 0.138 e. The maximum absolute atomic E-state index is 8.92. The highest BCUT2D eigenvalue weighted by atomic mass is 16.5. The van der Waals surface area contributed by atoms with Crippen LogP contribution in [0.5, 0.6) is 0 Å². The largest absolute Gasteiger partial charge is 0.390 e. The second-order valence-electron chi connectivity index (χ2n) is 3.95. The average Bonchev–Trinajstić information content (AvgIpc) is 2.67. The molecule has 4 nitrogen and oxygen atoms in total. The number of H-pyrrole nitrogens is 1. The highest BCUT2D eigenvalue weighted by Gasteiger charge is 2.32. The summed E-state index contributed by atoms with van der Waals surface area (Å²) in [6.07, 6.45) is 4.96. The molecule has 0 aromatic carbocycles. The molecule has 0 saturated carbocycles. The number of aromatic amines is 1. The smallest absolute Gasteiger partial charge is 0.138 e. The molecule has 0 spiro atoms. The van der Waals surface area contributed by atoms with Gasteiger partial charge < -0.3 is 14.8 Å². The van der Waals surface area contributed by atoms with Gasteiger partial charge in [0.15, 0.2) is 0 Å². The molecule has 2 N–H and O–H groups in total. The van der Waals surface area contributed by atoms with E-state index in [9.17, 15) is 0 Å². The number of ether oxygens (including phenoxy) is 1. The monoisotopic (exact) mass is 196 g/mol. The van der Waals surface area contributed by atoms with Gasteiger partial charge in [-0.1, -0.05) is 0 Å². The number of rotatable bonds is 2. The molecule has 0 amide bonds. The fourth-order valence-electron chi connectivity index (χ4n) is 1.83. The molecular formula is C10H16N2O2. The highest BCUT2D eigenvalue weighted by molar-refractivity contribution is 5.07. The van der Waals surface area contributed by atoms with Crippen molar-refractivity contribution >= 4 is 0 Å². The summed E-state index contributed by atoms with van der Waals surface area (Å²) in [6.45, 7) is 2.85. The van der Waals surface area contributed by atoms with Gasteiger partial charge in [0.1, 0.15) is 11.4 Å². The summed E-state index contributed by atoms with van der Waals surface area (Å²) >= 11 is 0. The van der Waals surface area contributed by atoms with Crippen molar-refractivity contribution in [2.24, 2.45) is 0 Å². The van der Waals surface area contributed by atoms with Gasteiger partial charge in [0.05, 0.1) is 18.5 Å². The third kappa shape index (κ3) is 1.67. The third-order valence-electron chi connectivity index (χ3n) is 2.77. The fraction of sp³-hybridized carbons (Fsp3) is 0.700. The molecular weight excluding hydrogens is 180 g/mol. The molecule has 1 atom stereocenters. The van der Waals surface area contributed by atoms with Crippen LogP contribution in [-0.4, -0.2) is 21.7 Å². The Morgan fingerprint density at radius 2 is 2.50 bits per heavy atom. The lowest BCUT2D eigenvalue weighted by Crippen LogP contribution is -2.31. The van der Waals surface area contributed by atoms with Crippen LogP contribution in [0.1, 0.15) is 37.7 Å². The fourth-order valence-corrected chi connectivity index (χ4v) is 1.83. The van der Waals surface area contributed by atoms with Crippen molar-refractivity contribution in [1.82, 2.24) is 9.97 Å². The number of aromatic nitrogens is 2. The van der Waals surface area contributed by atoms with Gasteiger partial charge >= 0.3 is 0 Å². The zero-order valence-electron chi connectivity index (χ0n) is 8.42. The van der Waals surface area contributed by atoms with E-state index in [4.69, 9.17) is 9.84 Å². The van der Waals surface area contributed by atoms with E-state index in [-0.39, 0.29) is 12.2 Å². The minimum absolute atomic E-state index is 0.00306. The first-order valence-corrected chi connectivity index (χ1v) is 5.04. The molecule has 1 aromatic heterocycles. The van der Waals surface area contributed by atoms with Crippen molar-refractivity contribution < 1.29 is 9.84 Å². The van der Waals surface area contributed by atoms with E-state index in [0.29, 0.717) is 0 Å². The molecule has 0 radical (unpaired) electrons. The van der Waals surface area contributed by atoms with Crippen molar-refractivity contribution in [2.75, 3.05) is 6.61 Å². The lowest BCUT2D eigenvalue weighted by atomic mass is 9.95. The standard InChI is InChI=1S/C10H16N2O2/c1-10(4-2-3-5-14-10)9-11-6-8(7-13)12-9/h6,13H,2-5,7H2,1H3,(H,11,12). The van der Waals surface area contributed by atoms with E-state index in [1.807, 2.05) is 6.92 Å². The topological polar surface area (TPSA) is 58.1 Å². The van der Waals surface area contributed by atoms with Crippen LogP contribution in [0.3, 0.4) is 0 Å². The molecule has 1 aliphatic rings. The molecule has 2 rings (SSSR count).